The second-order valence-electron chi connectivity index (χ2n) is 6.91. The van der Waals surface area contributed by atoms with Crippen LogP contribution in [0.1, 0.15) is 44.1 Å². The number of ether oxygens (including phenoxy) is 2. The summed E-state index contributed by atoms with van der Waals surface area (Å²) in [6.07, 6.45) is 3.06. The van der Waals surface area contributed by atoms with E-state index < -0.39 is 6.09 Å². The number of rotatable bonds is 8. The fourth-order valence-electron chi connectivity index (χ4n) is 3.48. The zero-order valence-electron chi connectivity index (χ0n) is 16.2. The summed E-state index contributed by atoms with van der Waals surface area (Å²) >= 11 is 0. The summed E-state index contributed by atoms with van der Waals surface area (Å²) in [4.78, 5) is 26.0. The van der Waals surface area contributed by atoms with E-state index in [-0.39, 0.29) is 17.9 Å². The molecule has 1 saturated carbocycles. The van der Waals surface area contributed by atoms with Crippen LogP contribution in [0.25, 0.3) is 0 Å². The third-order valence-corrected chi connectivity index (χ3v) is 5.24. The van der Waals surface area contributed by atoms with E-state index in [9.17, 15) is 9.59 Å². The van der Waals surface area contributed by atoms with Gasteiger partial charge in [0, 0.05) is 19.6 Å². The molecule has 0 spiro atoms. The highest BCUT2D eigenvalue weighted by atomic mass is 16.5. The Morgan fingerprint density at radius 3 is 2.65 bits per heavy atom. The maximum atomic E-state index is 12.8. The van der Waals surface area contributed by atoms with Crippen molar-refractivity contribution < 1.29 is 19.1 Å². The van der Waals surface area contributed by atoms with Gasteiger partial charge in [0.1, 0.15) is 5.75 Å². The zero-order valence-corrected chi connectivity index (χ0v) is 16.2. The third-order valence-electron chi connectivity index (χ3n) is 5.24. The highest BCUT2D eigenvalue weighted by Crippen LogP contribution is 2.40. The summed E-state index contributed by atoms with van der Waals surface area (Å²) in [6, 6.07) is 8.38. The molecule has 0 aromatic heterocycles. The molecule has 144 valence electrons. The van der Waals surface area contributed by atoms with Crippen LogP contribution in [0.5, 0.6) is 5.75 Å². The quantitative estimate of drug-likeness (QED) is 0.771. The van der Waals surface area contributed by atoms with Crippen molar-refractivity contribution in [3.05, 3.63) is 29.8 Å². The molecule has 0 aliphatic heterocycles. The van der Waals surface area contributed by atoms with Crippen LogP contribution in [0.2, 0.25) is 0 Å². The van der Waals surface area contributed by atoms with E-state index in [1.54, 1.807) is 7.11 Å². The van der Waals surface area contributed by atoms with Crippen molar-refractivity contribution >= 4 is 12.0 Å². The maximum absolute atomic E-state index is 12.8. The van der Waals surface area contributed by atoms with E-state index in [4.69, 9.17) is 4.74 Å². The average molecular weight is 362 g/mol. The van der Waals surface area contributed by atoms with E-state index in [0.717, 1.165) is 31.4 Å². The summed E-state index contributed by atoms with van der Waals surface area (Å²) < 4.78 is 9.89. The van der Waals surface area contributed by atoms with Gasteiger partial charge < -0.3 is 19.7 Å². The summed E-state index contributed by atoms with van der Waals surface area (Å²) in [5, 5.41) is 2.65. The number of hydrogen-bond donors (Lipinski definition) is 1. The molecule has 0 radical (unpaired) electrons. The fraction of sp³-hybridized carbons (Fsp3) is 0.600. The lowest BCUT2D eigenvalue weighted by molar-refractivity contribution is -0.138. The van der Waals surface area contributed by atoms with E-state index >= 15 is 0 Å². The summed E-state index contributed by atoms with van der Waals surface area (Å²) in [6.45, 7) is 2.36. The normalized spacial score (nSPS) is 19.8. The van der Waals surface area contributed by atoms with Crippen molar-refractivity contribution in [3.8, 4) is 5.75 Å². The van der Waals surface area contributed by atoms with Crippen molar-refractivity contribution in [2.24, 2.45) is 5.92 Å². The van der Waals surface area contributed by atoms with Gasteiger partial charge in [0.25, 0.3) is 0 Å². The molecule has 6 heteroatoms. The van der Waals surface area contributed by atoms with Crippen molar-refractivity contribution in [2.75, 3.05) is 27.8 Å². The molecule has 0 saturated heterocycles. The number of benzene rings is 1. The minimum absolute atomic E-state index is 0.0948. The Hall–Kier alpha value is -2.24. The topological polar surface area (TPSA) is 67.9 Å². The predicted molar refractivity (Wildman–Crippen MR) is 100 cm³/mol. The van der Waals surface area contributed by atoms with E-state index in [1.165, 1.54) is 12.7 Å². The van der Waals surface area contributed by atoms with Crippen LogP contribution in [0.15, 0.2) is 24.3 Å². The molecule has 2 amide bonds. The highest BCUT2D eigenvalue weighted by Gasteiger charge is 2.36. The number of hydrogen-bond acceptors (Lipinski definition) is 4. The molecule has 1 aromatic rings. The van der Waals surface area contributed by atoms with Crippen molar-refractivity contribution in [1.82, 2.24) is 10.2 Å². The van der Waals surface area contributed by atoms with Gasteiger partial charge in [-0.15, -0.1) is 0 Å². The number of nitrogens with zero attached hydrogens (tertiary/aromatic N) is 1. The van der Waals surface area contributed by atoms with Crippen LogP contribution in [-0.4, -0.2) is 50.8 Å². The van der Waals surface area contributed by atoms with Crippen LogP contribution in [0.3, 0.4) is 0 Å². The first-order valence-corrected chi connectivity index (χ1v) is 9.22. The van der Waals surface area contributed by atoms with E-state index in [1.807, 2.05) is 31.0 Å². The Morgan fingerprint density at radius 1 is 1.31 bits per heavy atom. The number of nitrogens with one attached hydrogen (secondary N) is 1. The molecule has 1 fully saturated rings. The Balaban J connectivity index is 1.90. The van der Waals surface area contributed by atoms with Crippen molar-refractivity contribution in [2.45, 2.75) is 44.6 Å². The second-order valence-corrected chi connectivity index (χ2v) is 6.91. The van der Waals surface area contributed by atoms with Gasteiger partial charge in [-0.25, -0.2) is 4.79 Å². The molecular formula is C20H30N2O4. The molecule has 1 N–H and O–H groups in total. The van der Waals surface area contributed by atoms with Gasteiger partial charge in [-0.1, -0.05) is 25.5 Å². The molecule has 1 aromatic carbocycles. The Labute approximate surface area is 155 Å². The molecule has 0 bridgehead atoms. The average Bonchev–Trinajstić information content (AvgIpc) is 2.63. The van der Waals surface area contributed by atoms with Crippen LogP contribution in [0, 0.1) is 5.92 Å². The molecule has 1 atom stereocenters. The monoisotopic (exact) mass is 362 g/mol. The van der Waals surface area contributed by atoms with Gasteiger partial charge in [0.2, 0.25) is 5.91 Å². The van der Waals surface area contributed by atoms with Crippen LogP contribution >= 0.6 is 0 Å². The molecule has 1 aliphatic rings. The number of carbonyl (C=O) groups excluding carboxylic acids is 2. The smallest absolute Gasteiger partial charge is 0.406 e. The molecular weight excluding hydrogens is 332 g/mol. The third kappa shape index (κ3) is 4.90. The Bertz CT molecular complexity index is 614. The summed E-state index contributed by atoms with van der Waals surface area (Å²) in [5.74, 6) is 1.22. The summed E-state index contributed by atoms with van der Waals surface area (Å²) in [5.41, 5.74) is 1.26. The van der Waals surface area contributed by atoms with Crippen molar-refractivity contribution in [3.63, 3.8) is 0 Å². The van der Waals surface area contributed by atoms with Crippen molar-refractivity contribution in [1.29, 1.82) is 0 Å². The minimum Gasteiger partial charge on any atom is -0.497 e. The lowest BCUT2D eigenvalue weighted by Crippen LogP contribution is -2.48. The lowest BCUT2D eigenvalue weighted by atomic mass is 9.75. The SMILES string of the molecule is CCC[C@H](CNC(=O)OC)C(=O)N(C)[C@H]1C[C@H](c2cccc(OC)c2)C1. The number of alkyl carbamates (subject to hydrolysis) is 1. The van der Waals surface area contributed by atoms with Gasteiger partial charge >= 0.3 is 6.09 Å². The standard InChI is InChI=1S/C20H30N2O4/c1-5-7-15(13-21-20(24)26-4)19(23)22(2)17-10-16(11-17)14-8-6-9-18(12-14)25-3/h6,8-9,12,15-17H,5,7,10-11,13H2,1-4H3,(H,21,24)/t15-,16-,17-/m1/s1. The minimum atomic E-state index is -0.497. The van der Waals surface area contributed by atoms with E-state index in [2.05, 4.69) is 22.2 Å². The lowest BCUT2D eigenvalue weighted by Gasteiger charge is -2.42. The first-order chi connectivity index (χ1) is 12.5. The Morgan fingerprint density at radius 2 is 2.04 bits per heavy atom. The largest absolute Gasteiger partial charge is 0.497 e. The van der Waals surface area contributed by atoms with E-state index in [0.29, 0.717) is 12.5 Å². The van der Waals surface area contributed by atoms with Crippen LogP contribution < -0.4 is 10.1 Å². The molecule has 0 heterocycles. The number of methoxy groups -OCH3 is 2. The summed E-state index contributed by atoms with van der Waals surface area (Å²) in [7, 11) is 4.87. The highest BCUT2D eigenvalue weighted by molar-refractivity contribution is 5.80. The first kappa shape index (κ1) is 20.1. The van der Waals surface area contributed by atoms with Crippen LogP contribution in [-0.2, 0) is 9.53 Å². The molecule has 1 aliphatic carbocycles. The second kappa shape index (κ2) is 9.46. The van der Waals surface area contributed by atoms with Gasteiger partial charge in [-0.05, 0) is 42.9 Å². The predicted octanol–water partition coefficient (Wildman–Crippen LogP) is 3.17. The number of carbonyl (C=O) groups is 2. The van der Waals surface area contributed by atoms with Gasteiger partial charge in [0.05, 0.1) is 20.1 Å². The maximum Gasteiger partial charge on any atom is 0.406 e. The van der Waals surface area contributed by atoms with Gasteiger partial charge in [-0.3, -0.25) is 4.79 Å². The first-order valence-electron chi connectivity index (χ1n) is 9.22. The number of amides is 2. The molecule has 26 heavy (non-hydrogen) atoms. The Kier molecular flexibility index (Phi) is 7.30. The van der Waals surface area contributed by atoms with Gasteiger partial charge in [-0.2, -0.15) is 0 Å². The molecule has 6 nitrogen and oxygen atoms in total. The molecule has 2 rings (SSSR count). The fourth-order valence-corrected chi connectivity index (χ4v) is 3.48. The van der Waals surface area contributed by atoms with Gasteiger partial charge in [0.15, 0.2) is 0 Å². The molecule has 0 unspecified atom stereocenters. The zero-order chi connectivity index (χ0) is 19.1. The van der Waals surface area contributed by atoms with Crippen LogP contribution in [0.4, 0.5) is 4.79 Å².